The summed E-state index contributed by atoms with van der Waals surface area (Å²) < 4.78 is 0. The highest BCUT2D eigenvalue weighted by atomic mass is 16.2. The van der Waals surface area contributed by atoms with Gasteiger partial charge < -0.3 is 16.0 Å². The van der Waals surface area contributed by atoms with Gasteiger partial charge in [-0.25, -0.2) is 4.98 Å². The molecule has 0 saturated carbocycles. The first kappa shape index (κ1) is 16.7. The number of hydrogen-bond donors (Lipinski definition) is 2. The zero-order valence-corrected chi connectivity index (χ0v) is 13.8. The van der Waals surface area contributed by atoms with Crippen LogP contribution in [0.5, 0.6) is 0 Å². The fraction of sp³-hybridized carbons (Fsp3) is 0.647. The quantitative estimate of drug-likeness (QED) is 0.847. The third kappa shape index (κ3) is 3.58. The van der Waals surface area contributed by atoms with E-state index < -0.39 is 5.41 Å². The molecule has 0 atom stereocenters. The van der Waals surface area contributed by atoms with Crippen molar-refractivity contribution >= 4 is 17.4 Å². The lowest BCUT2D eigenvalue weighted by Crippen LogP contribution is -2.41. The van der Waals surface area contributed by atoms with Crippen LogP contribution in [0.2, 0.25) is 0 Å². The average Bonchev–Trinajstić information content (AvgIpc) is 2.58. The Bertz CT molecular complexity index is 468. The van der Waals surface area contributed by atoms with Crippen LogP contribution in [0.3, 0.4) is 0 Å². The molecule has 1 aliphatic heterocycles. The second-order valence-electron chi connectivity index (χ2n) is 6.10. The van der Waals surface area contributed by atoms with Crippen LogP contribution >= 0.6 is 0 Å². The Morgan fingerprint density at radius 1 is 1.27 bits per heavy atom. The summed E-state index contributed by atoms with van der Waals surface area (Å²) in [6.07, 6.45) is 6.99. The maximum Gasteiger partial charge on any atom is 0.231 e. The third-order valence-corrected chi connectivity index (χ3v) is 4.91. The molecule has 0 aromatic carbocycles. The second-order valence-corrected chi connectivity index (χ2v) is 6.10. The molecule has 1 aromatic heterocycles. The van der Waals surface area contributed by atoms with Crippen molar-refractivity contribution in [3.05, 3.63) is 18.3 Å². The van der Waals surface area contributed by atoms with E-state index in [1.165, 1.54) is 19.3 Å². The normalized spacial score (nSPS) is 15.7. The lowest BCUT2D eigenvalue weighted by molar-refractivity contribution is -0.125. The standard InChI is InChI=1S/C17H28N4O/c1-3-17(4-2,13-18)16(22)20-14-8-9-15(19-12-14)21-10-6-5-7-11-21/h8-9,12H,3-7,10-11,13,18H2,1-2H3,(H,20,22). The monoisotopic (exact) mass is 304 g/mol. The largest absolute Gasteiger partial charge is 0.357 e. The smallest absolute Gasteiger partial charge is 0.231 e. The van der Waals surface area contributed by atoms with Crippen molar-refractivity contribution in [2.75, 3.05) is 29.9 Å². The Labute approximate surface area is 133 Å². The molecule has 1 fully saturated rings. The highest BCUT2D eigenvalue weighted by Gasteiger charge is 2.33. The van der Waals surface area contributed by atoms with Crippen molar-refractivity contribution < 1.29 is 4.79 Å². The first-order chi connectivity index (χ1) is 10.6. The summed E-state index contributed by atoms with van der Waals surface area (Å²) in [7, 11) is 0. The van der Waals surface area contributed by atoms with Crippen LogP contribution in [0.4, 0.5) is 11.5 Å². The molecule has 0 aliphatic carbocycles. The molecule has 5 nitrogen and oxygen atoms in total. The molecule has 22 heavy (non-hydrogen) atoms. The topological polar surface area (TPSA) is 71.2 Å². The number of rotatable bonds is 6. The first-order valence-corrected chi connectivity index (χ1v) is 8.37. The van der Waals surface area contributed by atoms with Crippen LogP contribution in [0.15, 0.2) is 18.3 Å². The predicted octanol–water partition coefficient (Wildman–Crippen LogP) is 2.78. The Morgan fingerprint density at radius 3 is 2.45 bits per heavy atom. The fourth-order valence-electron chi connectivity index (χ4n) is 2.99. The van der Waals surface area contributed by atoms with Gasteiger partial charge in [-0.15, -0.1) is 0 Å². The lowest BCUT2D eigenvalue weighted by atomic mass is 9.81. The van der Waals surface area contributed by atoms with E-state index >= 15 is 0 Å². The van der Waals surface area contributed by atoms with Crippen LogP contribution in [-0.2, 0) is 4.79 Å². The number of aromatic nitrogens is 1. The summed E-state index contributed by atoms with van der Waals surface area (Å²) in [5, 5.41) is 2.97. The molecule has 122 valence electrons. The third-order valence-electron chi connectivity index (χ3n) is 4.91. The molecule has 2 heterocycles. The van der Waals surface area contributed by atoms with E-state index in [4.69, 9.17) is 5.73 Å². The summed E-state index contributed by atoms with van der Waals surface area (Å²) in [6.45, 7) is 6.52. The van der Waals surface area contributed by atoms with Crippen molar-refractivity contribution in [3.63, 3.8) is 0 Å². The lowest BCUT2D eigenvalue weighted by Gasteiger charge is -2.29. The Hall–Kier alpha value is -1.62. The van der Waals surface area contributed by atoms with Gasteiger partial charge in [0.25, 0.3) is 0 Å². The van der Waals surface area contributed by atoms with Gasteiger partial charge in [-0.3, -0.25) is 4.79 Å². The Morgan fingerprint density at radius 2 is 1.95 bits per heavy atom. The number of piperidine rings is 1. The zero-order valence-electron chi connectivity index (χ0n) is 13.8. The van der Waals surface area contributed by atoms with Crippen molar-refractivity contribution in [1.29, 1.82) is 0 Å². The minimum absolute atomic E-state index is 0.00692. The number of pyridine rings is 1. The number of anilines is 2. The predicted molar refractivity (Wildman–Crippen MR) is 91.0 cm³/mol. The molecule has 1 aliphatic rings. The van der Waals surface area contributed by atoms with Gasteiger partial charge in [0.15, 0.2) is 0 Å². The molecular formula is C17H28N4O. The maximum absolute atomic E-state index is 12.5. The highest BCUT2D eigenvalue weighted by Crippen LogP contribution is 2.27. The highest BCUT2D eigenvalue weighted by molar-refractivity contribution is 5.95. The second kappa shape index (κ2) is 7.58. The van der Waals surface area contributed by atoms with E-state index in [0.717, 1.165) is 37.4 Å². The van der Waals surface area contributed by atoms with Crippen LogP contribution < -0.4 is 16.0 Å². The molecule has 0 unspecified atom stereocenters. The van der Waals surface area contributed by atoms with E-state index in [9.17, 15) is 4.79 Å². The van der Waals surface area contributed by atoms with E-state index in [0.29, 0.717) is 6.54 Å². The van der Waals surface area contributed by atoms with E-state index in [2.05, 4.69) is 15.2 Å². The molecule has 1 amide bonds. The number of amides is 1. The molecule has 0 spiro atoms. The molecule has 3 N–H and O–H groups in total. The Kier molecular flexibility index (Phi) is 5.77. The van der Waals surface area contributed by atoms with Gasteiger partial charge in [-0.1, -0.05) is 13.8 Å². The molecule has 2 rings (SSSR count). The number of nitrogens with one attached hydrogen (secondary N) is 1. The molecule has 1 aromatic rings. The van der Waals surface area contributed by atoms with Gasteiger partial charge >= 0.3 is 0 Å². The van der Waals surface area contributed by atoms with Crippen LogP contribution in [0.25, 0.3) is 0 Å². The fourth-order valence-corrected chi connectivity index (χ4v) is 2.99. The van der Waals surface area contributed by atoms with Crippen LogP contribution in [0, 0.1) is 5.41 Å². The Balaban J connectivity index is 2.02. The summed E-state index contributed by atoms with van der Waals surface area (Å²) in [5.74, 6) is 0.987. The summed E-state index contributed by atoms with van der Waals surface area (Å²) in [5.41, 5.74) is 6.08. The van der Waals surface area contributed by atoms with Crippen molar-refractivity contribution in [1.82, 2.24) is 4.98 Å². The zero-order chi connectivity index (χ0) is 16.0. The average molecular weight is 304 g/mol. The van der Waals surface area contributed by atoms with E-state index in [1.807, 2.05) is 26.0 Å². The van der Waals surface area contributed by atoms with E-state index in [-0.39, 0.29) is 5.91 Å². The minimum atomic E-state index is -0.481. The summed E-state index contributed by atoms with van der Waals surface area (Å²) in [4.78, 5) is 19.3. The summed E-state index contributed by atoms with van der Waals surface area (Å²) >= 11 is 0. The summed E-state index contributed by atoms with van der Waals surface area (Å²) in [6, 6.07) is 3.92. The minimum Gasteiger partial charge on any atom is -0.357 e. The van der Waals surface area contributed by atoms with Crippen molar-refractivity contribution in [3.8, 4) is 0 Å². The van der Waals surface area contributed by atoms with Gasteiger partial charge in [0, 0.05) is 19.6 Å². The molecule has 1 saturated heterocycles. The first-order valence-electron chi connectivity index (χ1n) is 8.37. The molecule has 0 bridgehead atoms. The van der Waals surface area contributed by atoms with Gasteiger partial charge in [0.2, 0.25) is 5.91 Å². The van der Waals surface area contributed by atoms with Gasteiger partial charge in [0.1, 0.15) is 5.82 Å². The number of nitrogens with zero attached hydrogens (tertiary/aromatic N) is 2. The number of carbonyl (C=O) groups is 1. The molecule has 0 radical (unpaired) electrons. The molecular weight excluding hydrogens is 276 g/mol. The van der Waals surface area contributed by atoms with Crippen molar-refractivity contribution in [2.45, 2.75) is 46.0 Å². The number of carbonyl (C=O) groups excluding carboxylic acids is 1. The van der Waals surface area contributed by atoms with Gasteiger partial charge in [-0.2, -0.15) is 0 Å². The SMILES string of the molecule is CCC(CC)(CN)C(=O)Nc1ccc(N2CCCCC2)nc1. The number of nitrogens with two attached hydrogens (primary N) is 1. The van der Waals surface area contributed by atoms with Crippen LogP contribution in [-0.4, -0.2) is 30.5 Å². The van der Waals surface area contributed by atoms with Crippen molar-refractivity contribution in [2.24, 2.45) is 11.1 Å². The number of hydrogen-bond acceptors (Lipinski definition) is 4. The van der Waals surface area contributed by atoms with E-state index in [1.54, 1.807) is 6.20 Å². The molecule has 5 heteroatoms. The van der Waals surface area contributed by atoms with Gasteiger partial charge in [0.05, 0.1) is 17.3 Å². The maximum atomic E-state index is 12.5. The van der Waals surface area contributed by atoms with Gasteiger partial charge in [-0.05, 0) is 44.2 Å². The van der Waals surface area contributed by atoms with Crippen LogP contribution in [0.1, 0.15) is 46.0 Å².